The summed E-state index contributed by atoms with van der Waals surface area (Å²) in [5, 5.41) is 4.03. The SMILES string of the molecule is Cc1ccc(Nc2nc(N)nc(CN3CCN(c4cccc(Cl)c4)CC3)n2)c(C)c1. The highest BCUT2D eigenvalue weighted by Gasteiger charge is 2.19. The summed E-state index contributed by atoms with van der Waals surface area (Å²) in [6.07, 6.45) is 0. The first-order valence-corrected chi connectivity index (χ1v) is 10.4. The molecular weight excluding hydrogens is 398 g/mol. The maximum absolute atomic E-state index is 6.13. The van der Waals surface area contributed by atoms with Gasteiger partial charge in [0.25, 0.3) is 0 Å². The highest BCUT2D eigenvalue weighted by molar-refractivity contribution is 6.30. The molecule has 0 radical (unpaired) electrons. The lowest BCUT2D eigenvalue weighted by Crippen LogP contribution is -2.46. The van der Waals surface area contributed by atoms with Gasteiger partial charge in [-0.2, -0.15) is 15.0 Å². The molecule has 30 heavy (non-hydrogen) atoms. The third-order valence-electron chi connectivity index (χ3n) is 5.24. The molecule has 1 saturated heterocycles. The molecular formula is C22H26ClN7. The normalized spacial score (nSPS) is 14.7. The van der Waals surface area contributed by atoms with Crippen molar-refractivity contribution in [2.75, 3.05) is 42.1 Å². The zero-order valence-corrected chi connectivity index (χ0v) is 18.0. The van der Waals surface area contributed by atoms with E-state index in [0.717, 1.165) is 48.1 Å². The van der Waals surface area contributed by atoms with Crippen LogP contribution in [-0.4, -0.2) is 46.0 Å². The Hall–Kier alpha value is -2.90. The molecule has 3 aromatic rings. The molecule has 0 amide bonds. The summed E-state index contributed by atoms with van der Waals surface area (Å²) in [5.74, 6) is 1.37. The van der Waals surface area contributed by atoms with E-state index in [-0.39, 0.29) is 5.95 Å². The molecule has 1 aromatic heterocycles. The van der Waals surface area contributed by atoms with E-state index in [2.05, 4.69) is 62.1 Å². The standard InChI is InChI=1S/C22H26ClN7/c1-15-6-7-19(16(2)12-15)25-22-27-20(26-21(24)28-22)14-29-8-10-30(11-9-29)18-5-3-4-17(23)13-18/h3-7,12-13H,8-11,14H2,1-2H3,(H3,24,25,26,27,28). The Morgan fingerprint density at radius 1 is 1.00 bits per heavy atom. The number of nitrogens with one attached hydrogen (secondary N) is 1. The molecule has 2 aromatic carbocycles. The third kappa shape index (κ3) is 4.98. The number of aromatic nitrogens is 3. The summed E-state index contributed by atoms with van der Waals surface area (Å²) in [5.41, 5.74) is 10.4. The van der Waals surface area contributed by atoms with Crippen molar-refractivity contribution >= 4 is 34.9 Å². The molecule has 3 N–H and O–H groups in total. The second kappa shape index (κ2) is 8.85. The van der Waals surface area contributed by atoms with Crippen molar-refractivity contribution in [3.63, 3.8) is 0 Å². The van der Waals surface area contributed by atoms with E-state index in [4.69, 9.17) is 17.3 Å². The number of aryl methyl sites for hydroxylation is 2. The molecule has 0 aliphatic carbocycles. The van der Waals surface area contributed by atoms with E-state index in [0.29, 0.717) is 18.3 Å². The topological polar surface area (TPSA) is 83.2 Å². The van der Waals surface area contributed by atoms with Crippen LogP contribution in [0.4, 0.5) is 23.3 Å². The number of nitrogens with two attached hydrogens (primary N) is 1. The predicted octanol–water partition coefficient (Wildman–Crippen LogP) is 3.79. The largest absolute Gasteiger partial charge is 0.369 e. The molecule has 0 bridgehead atoms. The average molecular weight is 424 g/mol. The van der Waals surface area contributed by atoms with Crippen LogP contribution in [0, 0.1) is 13.8 Å². The average Bonchev–Trinajstić information content (AvgIpc) is 2.70. The van der Waals surface area contributed by atoms with Gasteiger partial charge in [0.15, 0.2) is 0 Å². The zero-order chi connectivity index (χ0) is 21.1. The van der Waals surface area contributed by atoms with Gasteiger partial charge in [0.2, 0.25) is 11.9 Å². The maximum atomic E-state index is 6.13. The van der Waals surface area contributed by atoms with Gasteiger partial charge in [-0.25, -0.2) is 0 Å². The highest BCUT2D eigenvalue weighted by Crippen LogP contribution is 2.22. The minimum absolute atomic E-state index is 0.227. The molecule has 0 saturated carbocycles. The Morgan fingerprint density at radius 2 is 1.80 bits per heavy atom. The predicted molar refractivity (Wildman–Crippen MR) is 122 cm³/mol. The fourth-order valence-electron chi connectivity index (χ4n) is 3.68. The second-order valence-corrected chi connectivity index (χ2v) is 8.06. The van der Waals surface area contributed by atoms with Gasteiger partial charge in [0, 0.05) is 42.6 Å². The van der Waals surface area contributed by atoms with Gasteiger partial charge in [-0.15, -0.1) is 0 Å². The van der Waals surface area contributed by atoms with Crippen molar-refractivity contribution in [3.05, 3.63) is 64.4 Å². The summed E-state index contributed by atoms with van der Waals surface area (Å²) in [6.45, 7) is 8.44. The van der Waals surface area contributed by atoms with Crippen LogP contribution in [-0.2, 0) is 6.54 Å². The number of benzene rings is 2. The van der Waals surface area contributed by atoms with Crippen molar-refractivity contribution in [1.82, 2.24) is 19.9 Å². The number of hydrogen-bond acceptors (Lipinski definition) is 7. The van der Waals surface area contributed by atoms with Crippen LogP contribution >= 0.6 is 11.6 Å². The van der Waals surface area contributed by atoms with Gasteiger partial charge in [-0.1, -0.05) is 35.4 Å². The van der Waals surface area contributed by atoms with Crippen LogP contribution in [0.15, 0.2) is 42.5 Å². The van der Waals surface area contributed by atoms with Crippen LogP contribution in [0.2, 0.25) is 5.02 Å². The van der Waals surface area contributed by atoms with E-state index < -0.39 is 0 Å². The first-order valence-electron chi connectivity index (χ1n) is 10.0. The van der Waals surface area contributed by atoms with Crippen molar-refractivity contribution in [3.8, 4) is 0 Å². The molecule has 0 unspecified atom stereocenters. The number of halogens is 1. The van der Waals surface area contributed by atoms with E-state index >= 15 is 0 Å². The molecule has 7 nitrogen and oxygen atoms in total. The lowest BCUT2D eigenvalue weighted by molar-refractivity contribution is 0.244. The maximum Gasteiger partial charge on any atom is 0.232 e. The number of nitrogens with zero attached hydrogens (tertiary/aromatic N) is 5. The van der Waals surface area contributed by atoms with Gasteiger partial charge in [0.05, 0.1) is 6.54 Å². The van der Waals surface area contributed by atoms with E-state index in [1.807, 2.05) is 24.3 Å². The first-order chi connectivity index (χ1) is 14.5. The summed E-state index contributed by atoms with van der Waals surface area (Å²) < 4.78 is 0. The Balaban J connectivity index is 1.40. The minimum Gasteiger partial charge on any atom is -0.369 e. The van der Waals surface area contributed by atoms with Crippen molar-refractivity contribution in [1.29, 1.82) is 0 Å². The zero-order valence-electron chi connectivity index (χ0n) is 17.3. The monoisotopic (exact) mass is 423 g/mol. The molecule has 1 fully saturated rings. The van der Waals surface area contributed by atoms with Crippen LogP contribution in [0.25, 0.3) is 0 Å². The second-order valence-electron chi connectivity index (χ2n) is 7.62. The Morgan fingerprint density at radius 3 is 2.53 bits per heavy atom. The molecule has 0 atom stereocenters. The smallest absolute Gasteiger partial charge is 0.232 e. The van der Waals surface area contributed by atoms with E-state index in [1.165, 1.54) is 5.56 Å². The van der Waals surface area contributed by atoms with Crippen molar-refractivity contribution in [2.45, 2.75) is 20.4 Å². The number of hydrogen-bond donors (Lipinski definition) is 2. The third-order valence-corrected chi connectivity index (χ3v) is 5.47. The van der Waals surface area contributed by atoms with Crippen LogP contribution < -0.4 is 16.0 Å². The van der Waals surface area contributed by atoms with E-state index in [9.17, 15) is 0 Å². The Bertz CT molecular complexity index is 1030. The molecule has 8 heteroatoms. The molecule has 1 aliphatic rings. The molecule has 4 rings (SSSR count). The number of anilines is 4. The fourth-order valence-corrected chi connectivity index (χ4v) is 3.86. The van der Waals surface area contributed by atoms with E-state index in [1.54, 1.807) is 0 Å². The van der Waals surface area contributed by atoms with Gasteiger partial charge in [-0.3, -0.25) is 4.90 Å². The van der Waals surface area contributed by atoms with Crippen molar-refractivity contribution < 1.29 is 0 Å². The van der Waals surface area contributed by atoms with Crippen LogP contribution in [0.5, 0.6) is 0 Å². The van der Waals surface area contributed by atoms with Crippen molar-refractivity contribution in [2.24, 2.45) is 0 Å². The Labute approximate surface area is 181 Å². The number of rotatable bonds is 5. The lowest BCUT2D eigenvalue weighted by atomic mass is 10.1. The Kier molecular flexibility index (Phi) is 6.01. The van der Waals surface area contributed by atoms with Gasteiger partial charge < -0.3 is 16.0 Å². The molecule has 1 aliphatic heterocycles. The quantitative estimate of drug-likeness (QED) is 0.645. The molecule has 2 heterocycles. The first kappa shape index (κ1) is 20.4. The summed E-state index contributed by atoms with van der Waals surface area (Å²) in [7, 11) is 0. The number of nitrogen functional groups attached to an aromatic ring is 1. The fraction of sp³-hybridized carbons (Fsp3) is 0.318. The summed E-state index contributed by atoms with van der Waals surface area (Å²) in [6, 6.07) is 14.2. The van der Waals surface area contributed by atoms with Crippen LogP contribution in [0.3, 0.4) is 0 Å². The molecule has 156 valence electrons. The molecule has 0 spiro atoms. The summed E-state index contributed by atoms with van der Waals surface area (Å²) in [4.78, 5) is 17.9. The summed E-state index contributed by atoms with van der Waals surface area (Å²) >= 11 is 6.13. The van der Waals surface area contributed by atoms with Gasteiger partial charge in [-0.05, 0) is 43.7 Å². The minimum atomic E-state index is 0.227. The van der Waals surface area contributed by atoms with Crippen LogP contribution in [0.1, 0.15) is 17.0 Å². The van der Waals surface area contributed by atoms with Gasteiger partial charge >= 0.3 is 0 Å². The highest BCUT2D eigenvalue weighted by atomic mass is 35.5. The number of piperazine rings is 1. The lowest BCUT2D eigenvalue weighted by Gasteiger charge is -2.35. The van der Waals surface area contributed by atoms with Gasteiger partial charge in [0.1, 0.15) is 5.82 Å².